The number of furan rings is 1. The normalized spacial score (nSPS) is 15.0. The first-order valence-electron chi connectivity index (χ1n) is 10.4. The molecule has 1 aliphatic rings. The SMILES string of the molecule is CC(C)=CCC/C(C)=C/CCC(=O)c1cc2cc(N3CCOCC3)c(N)cc2o1. The van der Waals surface area contributed by atoms with Gasteiger partial charge in [-0.05, 0) is 52.2 Å². The summed E-state index contributed by atoms with van der Waals surface area (Å²) in [5.74, 6) is 0.440. The molecular weight excluding hydrogens is 364 g/mol. The van der Waals surface area contributed by atoms with Gasteiger partial charge >= 0.3 is 0 Å². The van der Waals surface area contributed by atoms with Crippen LogP contribution in [0.2, 0.25) is 0 Å². The summed E-state index contributed by atoms with van der Waals surface area (Å²) in [7, 11) is 0. The fourth-order valence-electron chi connectivity index (χ4n) is 3.57. The van der Waals surface area contributed by atoms with E-state index >= 15 is 0 Å². The van der Waals surface area contributed by atoms with Crippen LogP contribution in [-0.2, 0) is 4.74 Å². The van der Waals surface area contributed by atoms with Gasteiger partial charge in [-0.2, -0.15) is 0 Å². The molecule has 0 amide bonds. The monoisotopic (exact) mass is 396 g/mol. The fraction of sp³-hybridized carbons (Fsp3) is 0.458. The quantitative estimate of drug-likeness (QED) is 0.362. The first-order valence-corrected chi connectivity index (χ1v) is 10.4. The molecule has 0 bridgehead atoms. The Hall–Kier alpha value is -2.53. The molecule has 1 aromatic carbocycles. The molecule has 29 heavy (non-hydrogen) atoms. The molecule has 5 nitrogen and oxygen atoms in total. The molecule has 156 valence electrons. The smallest absolute Gasteiger partial charge is 0.198 e. The van der Waals surface area contributed by atoms with Gasteiger partial charge in [0.1, 0.15) is 5.58 Å². The van der Waals surface area contributed by atoms with Crippen molar-refractivity contribution in [2.75, 3.05) is 36.9 Å². The van der Waals surface area contributed by atoms with E-state index in [0.29, 0.717) is 36.7 Å². The maximum Gasteiger partial charge on any atom is 0.198 e. The summed E-state index contributed by atoms with van der Waals surface area (Å²) in [4.78, 5) is 14.8. The Morgan fingerprint density at radius 1 is 1.07 bits per heavy atom. The predicted molar refractivity (Wildman–Crippen MR) is 120 cm³/mol. The molecule has 0 saturated carbocycles. The van der Waals surface area contributed by atoms with Crippen LogP contribution in [0.15, 0.2) is 45.9 Å². The van der Waals surface area contributed by atoms with Crippen molar-refractivity contribution in [2.24, 2.45) is 0 Å². The maximum atomic E-state index is 12.6. The predicted octanol–water partition coefficient (Wildman–Crippen LogP) is 5.51. The Kier molecular flexibility index (Phi) is 7.15. The second-order valence-corrected chi connectivity index (χ2v) is 7.99. The van der Waals surface area contributed by atoms with Crippen molar-refractivity contribution >= 4 is 28.1 Å². The molecule has 0 spiro atoms. The van der Waals surface area contributed by atoms with Crippen molar-refractivity contribution < 1.29 is 13.9 Å². The summed E-state index contributed by atoms with van der Waals surface area (Å²) in [6, 6.07) is 5.68. The van der Waals surface area contributed by atoms with Gasteiger partial charge < -0.3 is 19.8 Å². The second-order valence-electron chi connectivity index (χ2n) is 7.99. The van der Waals surface area contributed by atoms with Gasteiger partial charge in [-0.3, -0.25) is 4.79 Å². The van der Waals surface area contributed by atoms with Gasteiger partial charge in [0.2, 0.25) is 0 Å². The summed E-state index contributed by atoms with van der Waals surface area (Å²) in [5.41, 5.74) is 11.2. The number of allylic oxidation sites excluding steroid dienone is 4. The minimum absolute atomic E-state index is 0.0287. The minimum Gasteiger partial charge on any atom is -0.453 e. The number of nitrogen functional groups attached to an aromatic ring is 1. The van der Waals surface area contributed by atoms with Gasteiger partial charge in [-0.15, -0.1) is 0 Å². The number of fused-ring (bicyclic) bond motifs is 1. The number of morpholine rings is 1. The van der Waals surface area contributed by atoms with Crippen LogP contribution >= 0.6 is 0 Å². The highest BCUT2D eigenvalue weighted by atomic mass is 16.5. The van der Waals surface area contributed by atoms with Crippen LogP contribution in [0.3, 0.4) is 0 Å². The molecule has 1 aromatic heterocycles. The highest BCUT2D eigenvalue weighted by molar-refractivity contribution is 5.99. The number of hydrogen-bond donors (Lipinski definition) is 1. The molecule has 1 aliphatic heterocycles. The highest BCUT2D eigenvalue weighted by Gasteiger charge is 2.17. The third kappa shape index (κ3) is 5.73. The maximum absolute atomic E-state index is 12.6. The fourth-order valence-corrected chi connectivity index (χ4v) is 3.57. The average Bonchev–Trinajstić information content (AvgIpc) is 3.10. The Balaban J connectivity index is 1.63. The van der Waals surface area contributed by atoms with Gasteiger partial charge in [0.05, 0.1) is 24.6 Å². The molecule has 0 aliphatic carbocycles. The lowest BCUT2D eigenvalue weighted by molar-refractivity contribution is 0.0959. The number of Topliss-reactive ketones (excluding diaryl/α,β-unsaturated/α-hetero) is 1. The van der Waals surface area contributed by atoms with Gasteiger partial charge in [0, 0.05) is 31.0 Å². The third-order valence-corrected chi connectivity index (χ3v) is 5.25. The summed E-state index contributed by atoms with van der Waals surface area (Å²) in [6.07, 6.45) is 7.67. The molecule has 0 atom stereocenters. The van der Waals surface area contributed by atoms with Gasteiger partial charge in [0.25, 0.3) is 0 Å². The Morgan fingerprint density at radius 3 is 2.52 bits per heavy atom. The van der Waals surface area contributed by atoms with Crippen LogP contribution in [0.25, 0.3) is 11.0 Å². The number of carbonyl (C=O) groups excluding carboxylic acids is 1. The molecule has 1 saturated heterocycles. The number of nitrogens with two attached hydrogens (primary N) is 1. The number of hydrogen-bond acceptors (Lipinski definition) is 5. The van der Waals surface area contributed by atoms with Crippen molar-refractivity contribution in [3.05, 3.63) is 47.3 Å². The first kappa shape index (κ1) is 21.2. The van der Waals surface area contributed by atoms with Crippen LogP contribution in [0.4, 0.5) is 11.4 Å². The average molecular weight is 397 g/mol. The van der Waals surface area contributed by atoms with Crippen LogP contribution in [-0.4, -0.2) is 32.1 Å². The Labute approximate surface area is 173 Å². The number of ketones is 1. The van der Waals surface area contributed by atoms with Crippen molar-refractivity contribution in [2.45, 2.75) is 46.5 Å². The van der Waals surface area contributed by atoms with E-state index in [4.69, 9.17) is 14.9 Å². The molecule has 3 rings (SSSR count). The minimum atomic E-state index is 0.0287. The molecule has 0 unspecified atom stereocenters. The summed E-state index contributed by atoms with van der Waals surface area (Å²) < 4.78 is 11.2. The van der Waals surface area contributed by atoms with Gasteiger partial charge in [-0.1, -0.05) is 23.3 Å². The summed E-state index contributed by atoms with van der Waals surface area (Å²) in [6.45, 7) is 9.39. The number of ether oxygens (including phenoxy) is 1. The van der Waals surface area contributed by atoms with Gasteiger partial charge in [0.15, 0.2) is 11.5 Å². The van der Waals surface area contributed by atoms with Crippen LogP contribution in [0.5, 0.6) is 0 Å². The number of carbonyl (C=O) groups is 1. The topological polar surface area (TPSA) is 68.7 Å². The van der Waals surface area contributed by atoms with Gasteiger partial charge in [-0.25, -0.2) is 0 Å². The summed E-state index contributed by atoms with van der Waals surface area (Å²) in [5, 5.41) is 0.914. The molecule has 0 radical (unpaired) electrons. The third-order valence-electron chi connectivity index (χ3n) is 5.25. The zero-order chi connectivity index (χ0) is 20.8. The number of rotatable bonds is 8. The van der Waals surface area contributed by atoms with E-state index in [-0.39, 0.29) is 5.78 Å². The van der Waals surface area contributed by atoms with Crippen molar-refractivity contribution in [3.63, 3.8) is 0 Å². The van der Waals surface area contributed by atoms with E-state index in [0.717, 1.165) is 43.4 Å². The van der Waals surface area contributed by atoms with Crippen molar-refractivity contribution in [1.82, 2.24) is 0 Å². The van der Waals surface area contributed by atoms with Crippen molar-refractivity contribution in [1.29, 1.82) is 0 Å². The Bertz CT molecular complexity index is 914. The first-order chi connectivity index (χ1) is 13.9. The van der Waals surface area contributed by atoms with Crippen LogP contribution < -0.4 is 10.6 Å². The van der Waals surface area contributed by atoms with E-state index in [1.54, 1.807) is 0 Å². The highest BCUT2D eigenvalue weighted by Crippen LogP contribution is 2.32. The second kappa shape index (κ2) is 9.79. The van der Waals surface area contributed by atoms with Crippen LogP contribution in [0.1, 0.15) is 57.0 Å². The summed E-state index contributed by atoms with van der Waals surface area (Å²) >= 11 is 0. The molecular formula is C24H32N2O3. The number of anilines is 2. The molecule has 2 heterocycles. The standard InChI is InChI=1S/C24H32N2O3/c1-17(2)6-4-7-18(3)8-5-9-22(27)24-15-19-14-21(20(25)16-23(19)29-24)26-10-12-28-13-11-26/h6,8,14-16H,4-5,7,9-13,25H2,1-3H3/b18-8+. The largest absolute Gasteiger partial charge is 0.453 e. The van der Waals surface area contributed by atoms with E-state index < -0.39 is 0 Å². The molecule has 2 aromatic rings. The number of benzene rings is 1. The molecule has 5 heteroatoms. The zero-order valence-corrected chi connectivity index (χ0v) is 17.8. The van der Waals surface area contributed by atoms with Crippen LogP contribution in [0, 0.1) is 0 Å². The molecule has 1 fully saturated rings. The number of nitrogens with zero attached hydrogens (tertiary/aromatic N) is 1. The lowest BCUT2D eigenvalue weighted by Crippen LogP contribution is -2.36. The lowest BCUT2D eigenvalue weighted by atomic mass is 10.1. The van der Waals surface area contributed by atoms with E-state index in [1.165, 1.54) is 11.1 Å². The Morgan fingerprint density at radius 2 is 1.79 bits per heavy atom. The van der Waals surface area contributed by atoms with E-state index in [9.17, 15) is 4.79 Å². The molecule has 2 N–H and O–H groups in total. The lowest BCUT2D eigenvalue weighted by Gasteiger charge is -2.29. The van der Waals surface area contributed by atoms with Crippen molar-refractivity contribution in [3.8, 4) is 0 Å². The van der Waals surface area contributed by atoms with E-state index in [1.807, 2.05) is 18.2 Å². The zero-order valence-electron chi connectivity index (χ0n) is 17.8. The van der Waals surface area contributed by atoms with E-state index in [2.05, 4.69) is 37.8 Å².